The van der Waals surface area contributed by atoms with Crippen LogP contribution in [0.2, 0.25) is 0 Å². The lowest BCUT2D eigenvalue weighted by molar-refractivity contribution is 0.0955. The zero-order valence-electron chi connectivity index (χ0n) is 17.8. The molecule has 0 aliphatic rings. The van der Waals surface area contributed by atoms with Crippen molar-refractivity contribution in [3.8, 4) is 22.9 Å². The molecule has 0 saturated heterocycles. The van der Waals surface area contributed by atoms with Crippen LogP contribution in [-0.4, -0.2) is 27.3 Å². The van der Waals surface area contributed by atoms with Crippen molar-refractivity contribution in [2.75, 3.05) is 0 Å². The van der Waals surface area contributed by atoms with Gasteiger partial charge in [-0.3, -0.25) is 9.78 Å². The van der Waals surface area contributed by atoms with Gasteiger partial charge in [-0.15, -0.1) is 10.2 Å². The fraction of sp³-hybridized carbons (Fsp3) is 0.0385. The second kappa shape index (κ2) is 8.84. The van der Waals surface area contributed by atoms with Crippen LogP contribution in [0, 0.1) is 6.92 Å². The van der Waals surface area contributed by atoms with E-state index in [0.717, 1.165) is 33.2 Å². The molecule has 0 unspecified atom stereocenters. The number of nitrogens with one attached hydrogen (secondary N) is 1. The second-order valence-electron chi connectivity index (χ2n) is 7.46. The molecule has 0 saturated carbocycles. The number of hydrogen-bond acceptors (Lipinski definition) is 6. The highest BCUT2D eigenvalue weighted by molar-refractivity contribution is 5.95. The van der Waals surface area contributed by atoms with Crippen molar-refractivity contribution in [3.63, 3.8) is 0 Å². The Bertz CT molecular complexity index is 1470. The fourth-order valence-electron chi connectivity index (χ4n) is 3.39. The second-order valence-corrected chi connectivity index (χ2v) is 7.46. The number of fused-ring (bicyclic) bond motifs is 1. The van der Waals surface area contributed by atoms with E-state index in [-0.39, 0.29) is 5.91 Å². The van der Waals surface area contributed by atoms with Crippen LogP contribution < -0.4 is 5.43 Å². The van der Waals surface area contributed by atoms with Gasteiger partial charge in [0.2, 0.25) is 11.8 Å². The third-order valence-electron chi connectivity index (χ3n) is 5.23. The minimum absolute atomic E-state index is 0.303. The molecular formula is C26H19N5O2. The molecule has 7 heteroatoms. The zero-order chi connectivity index (χ0) is 22.6. The number of aryl methyl sites for hydroxylation is 1. The SMILES string of the molecule is Cc1ccccc1/C=N/NC(=O)c1ccc(-c2nnc(-c3ccc4ncccc4c3)o2)cc1. The van der Waals surface area contributed by atoms with Gasteiger partial charge in [0.1, 0.15) is 0 Å². The number of hydrazone groups is 1. The first-order valence-corrected chi connectivity index (χ1v) is 10.4. The fourth-order valence-corrected chi connectivity index (χ4v) is 3.39. The quantitative estimate of drug-likeness (QED) is 0.310. The lowest BCUT2D eigenvalue weighted by atomic mass is 10.1. The van der Waals surface area contributed by atoms with Crippen molar-refractivity contribution in [1.29, 1.82) is 0 Å². The number of rotatable bonds is 5. The Kier molecular flexibility index (Phi) is 5.43. The van der Waals surface area contributed by atoms with E-state index in [1.807, 2.05) is 61.5 Å². The van der Waals surface area contributed by atoms with Crippen LogP contribution in [0.25, 0.3) is 33.8 Å². The molecule has 0 spiro atoms. The van der Waals surface area contributed by atoms with E-state index >= 15 is 0 Å². The van der Waals surface area contributed by atoms with Crippen molar-refractivity contribution in [3.05, 3.63) is 102 Å². The molecule has 5 aromatic rings. The molecule has 0 radical (unpaired) electrons. The summed E-state index contributed by atoms with van der Waals surface area (Å²) in [6, 6.07) is 24.4. The standard InChI is InChI=1S/C26H19N5O2/c1-17-5-2-3-6-22(17)16-28-29-24(32)18-8-10-19(11-9-18)25-30-31-26(33-25)21-12-13-23-20(15-21)7-4-14-27-23/h2-16H,1H3,(H,29,32)/b28-16+. The minimum Gasteiger partial charge on any atom is -0.416 e. The number of aromatic nitrogens is 3. The highest BCUT2D eigenvalue weighted by atomic mass is 16.4. The van der Waals surface area contributed by atoms with Crippen molar-refractivity contribution in [2.24, 2.45) is 5.10 Å². The summed E-state index contributed by atoms with van der Waals surface area (Å²) in [6.07, 6.45) is 3.39. The largest absolute Gasteiger partial charge is 0.416 e. The van der Waals surface area contributed by atoms with Crippen LogP contribution in [0.5, 0.6) is 0 Å². The van der Waals surface area contributed by atoms with Gasteiger partial charge < -0.3 is 4.42 Å². The molecule has 33 heavy (non-hydrogen) atoms. The third-order valence-corrected chi connectivity index (χ3v) is 5.23. The molecule has 2 aromatic heterocycles. The van der Waals surface area contributed by atoms with Gasteiger partial charge in [-0.05, 0) is 66.6 Å². The maximum Gasteiger partial charge on any atom is 0.271 e. The predicted molar refractivity (Wildman–Crippen MR) is 127 cm³/mol. The molecule has 0 bridgehead atoms. The summed E-state index contributed by atoms with van der Waals surface area (Å²) in [5.74, 6) is 0.492. The van der Waals surface area contributed by atoms with Gasteiger partial charge in [0.15, 0.2) is 0 Å². The van der Waals surface area contributed by atoms with Gasteiger partial charge in [-0.2, -0.15) is 5.10 Å². The molecular weight excluding hydrogens is 414 g/mol. The Hall–Kier alpha value is -4.65. The zero-order valence-corrected chi connectivity index (χ0v) is 17.8. The molecule has 1 amide bonds. The molecule has 1 N–H and O–H groups in total. The van der Waals surface area contributed by atoms with Crippen molar-refractivity contribution in [1.82, 2.24) is 20.6 Å². The molecule has 0 aliphatic heterocycles. The molecule has 7 nitrogen and oxygen atoms in total. The summed E-state index contributed by atoms with van der Waals surface area (Å²) in [7, 11) is 0. The predicted octanol–water partition coefficient (Wildman–Crippen LogP) is 5.02. The first-order chi connectivity index (χ1) is 16.2. The molecule has 0 aliphatic carbocycles. The Morgan fingerprint density at radius 3 is 2.48 bits per heavy atom. The Morgan fingerprint density at radius 2 is 1.67 bits per heavy atom. The van der Waals surface area contributed by atoms with Gasteiger partial charge in [-0.1, -0.05) is 30.3 Å². The maximum atomic E-state index is 12.4. The van der Waals surface area contributed by atoms with E-state index < -0.39 is 0 Å². The van der Waals surface area contributed by atoms with E-state index in [2.05, 4.69) is 25.7 Å². The highest BCUT2D eigenvalue weighted by Gasteiger charge is 2.12. The lowest BCUT2D eigenvalue weighted by Gasteiger charge is -2.02. The molecule has 3 aromatic carbocycles. The smallest absolute Gasteiger partial charge is 0.271 e. The number of carbonyl (C=O) groups is 1. The van der Waals surface area contributed by atoms with E-state index in [0.29, 0.717) is 17.3 Å². The maximum absolute atomic E-state index is 12.4. The number of pyridine rings is 1. The van der Waals surface area contributed by atoms with Crippen LogP contribution in [0.3, 0.4) is 0 Å². The topological polar surface area (TPSA) is 93.3 Å². The minimum atomic E-state index is -0.303. The number of nitrogens with zero attached hydrogens (tertiary/aromatic N) is 4. The number of hydrogen-bond donors (Lipinski definition) is 1. The summed E-state index contributed by atoms with van der Waals surface area (Å²) in [5.41, 5.74) is 7.49. The number of carbonyl (C=O) groups excluding carboxylic acids is 1. The average molecular weight is 433 g/mol. The van der Waals surface area contributed by atoms with Gasteiger partial charge in [-0.25, -0.2) is 5.43 Å². The summed E-state index contributed by atoms with van der Waals surface area (Å²) in [5, 5.41) is 13.4. The molecule has 0 fully saturated rings. The van der Waals surface area contributed by atoms with E-state index in [4.69, 9.17) is 4.42 Å². The van der Waals surface area contributed by atoms with Crippen LogP contribution >= 0.6 is 0 Å². The lowest BCUT2D eigenvalue weighted by Crippen LogP contribution is -2.17. The Labute approximate surface area is 189 Å². The first kappa shape index (κ1) is 20.3. The van der Waals surface area contributed by atoms with Crippen LogP contribution in [0.4, 0.5) is 0 Å². The van der Waals surface area contributed by atoms with Crippen LogP contribution in [0.1, 0.15) is 21.5 Å². The molecule has 5 rings (SSSR count). The van der Waals surface area contributed by atoms with E-state index in [1.54, 1.807) is 36.7 Å². The van der Waals surface area contributed by atoms with Crippen LogP contribution in [-0.2, 0) is 0 Å². The molecule has 160 valence electrons. The normalized spacial score (nSPS) is 11.2. The number of benzene rings is 3. The summed E-state index contributed by atoms with van der Waals surface area (Å²) in [4.78, 5) is 16.7. The monoisotopic (exact) mass is 433 g/mol. The Morgan fingerprint density at radius 1 is 0.909 bits per heavy atom. The van der Waals surface area contributed by atoms with E-state index in [9.17, 15) is 4.79 Å². The number of amides is 1. The third kappa shape index (κ3) is 4.38. The van der Waals surface area contributed by atoms with Crippen molar-refractivity contribution >= 4 is 23.0 Å². The van der Waals surface area contributed by atoms with Gasteiger partial charge in [0.05, 0.1) is 11.7 Å². The van der Waals surface area contributed by atoms with Crippen molar-refractivity contribution in [2.45, 2.75) is 6.92 Å². The molecule has 2 heterocycles. The Balaban J connectivity index is 1.29. The summed E-state index contributed by atoms with van der Waals surface area (Å²) in [6.45, 7) is 1.99. The summed E-state index contributed by atoms with van der Waals surface area (Å²) < 4.78 is 5.86. The van der Waals surface area contributed by atoms with Gasteiger partial charge in [0, 0.05) is 28.3 Å². The van der Waals surface area contributed by atoms with Crippen molar-refractivity contribution < 1.29 is 9.21 Å². The van der Waals surface area contributed by atoms with Gasteiger partial charge >= 0.3 is 0 Å². The summed E-state index contributed by atoms with van der Waals surface area (Å²) >= 11 is 0. The van der Waals surface area contributed by atoms with Crippen LogP contribution in [0.15, 0.2) is 94.6 Å². The van der Waals surface area contributed by atoms with E-state index in [1.165, 1.54) is 0 Å². The first-order valence-electron chi connectivity index (χ1n) is 10.4. The average Bonchev–Trinajstić information content (AvgIpc) is 3.35. The molecule has 0 atom stereocenters. The van der Waals surface area contributed by atoms with Gasteiger partial charge in [0.25, 0.3) is 5.91 Å². The highest BCUT2D eigenvalue weighted by Crippen LogP contribution is 2.26.